The first-order chi connectivity index (χ1) is 20.7. The van der Waals surface area contributed by atoms with Crippen molar-refractivity contribution in [2.24, 2.45) is 5.92 Å². The Morgan fingerprint density at radius 1 is 1.05 bits per heavy atom. The molecule has 0 spiro atoms. The fourth-order valence-electron chi connectivity index (χ4n) is 5.81. The molecule has 0 bridgehead atoms. The quantitative estimate of drug-likeness (QED) is 0.128. The molecular formula is C33H37BrN3O5S+. The number of sulfonamides is 1. The first-order valence-corrected chi connectivity index (χ1v) is 16.8. The number of nitrogens with zero attached hydrogens (tertiary/aromatic N) is 2. The van der Waals surface area contributed by atoms with Gasteiger partial charge in [-0.05, 0) is 54.7 Å². The van der Waals surface area contributed by atoms with Crippen molar-refractivity contribution in [1.29, 1.82) is 0 Å². The number of hydrogen-bond acceptors (Lipinski definition) is 5. The zero-order valence-electron chi connectivity index (χ0n) is 24.1. The number of carbonyl (C=O) groups is 1. The van der Waals surface area contributed by atoms with Crippen molar-refractivity contribution in [2.75, 3.05) is 6.61 Å². The molecule has 1 aliphatic rings. The Labute approximate surface area is 261 Å². The Kier molecular flexibility index (Phi) is 9.81. The molecule has 0 radical (unpaired) electrons. The van der Waals surface area contributed by atoms with E-state index >= 15 is 0 Å². The Hall–Kier alpha value is -3.31. The molecule has 3 atom stereocenters. The van der Waals surface area contributed by atoms with Gasteiger partial charge in [0.1, 0.15) is 18.9 Å². The zero-order valence-corrected chi connectivity index (χ0v) is 26.5. The predicted octanol–water partition coefficient (Wildman–Crippen LogP) is 4.86. The smallest absolute Gasteiger partial charge is 0.343 e. The van der Waals surface area contributed by atoms with Crippen LogP contribution in [0.5, 0.6) is 0 Å². The number of hydrogen-bond donors (Lipinski definition) is 2. The average molecular weight is 668 g/mol. The van der Waals surface area contributed by atoms with Crippen LogP contribution in [0.25, 0.3) is 0 Å². The largest absolute Gasteiger partial charge is 0.463 e. The number of halogens is 1. The molecule has 0 aliphatic heterocycles. The summed E-state index contributed by atoms with van der Waals surface area (Å²) < 4.78 is 39.6. The molecule has 2 N–H and O–H groups in total. The van der Waals surface area contributed by atoms with Gasteiger partial charge in [-0.1, -0.05) is 76.6 Å². The minimum atomic E-state index is -3.72. The van der Waals surface area contributed by atoms with Gasteiger partial charge in [-0.3, -0.25) is 0 Å². The predicted molar refractivity (Wildman–Crippen MR) is 166 cm³/mol. The van der Waals surface area contributed by atoms with E-state index in [1.807, 2.05) is 30.6 Å². The normalized spacial score (nSPS) is 18.3. The molecule has 10 heteroatoms. The fraction of sp³-hybridized carbons (Fsp3) is 0.333. The van der Waals surface area contributed by atoms with Gasteiger partial charge < -0.3 is 9.84 Å². The minimum Gasteiger partial charge on any atom is -0.463 e. The molecule has 1 heterocycles. The van der Waals surface area contributed by atoms with E-state index in [0.717, 1.165) is 16.8 Å². The lowest BCUT2D eigenvalue weighted by Gasteiger charge is -2.32. The van der Waals surface area contributed by atoms with Crippen molar-refractivity contribution in [3.05, 3.63) is 119 Å². The first kappa shape index (κ1) is 31.1. The number of aliphatic hydroxyl groups is 1. The van der Waals surface area contributed by atoms with Crippen molar-refractivity contribution < 1.29 is 27.6 Å². The number of esters is 1. The Balaban J connectivity index is 1.20. The van der Waals surface area contributed by atoms with Crippen molar-refractivity contribution >= 4 is 31.9 Å². The summed E-state index contributed by atoms with van der Waals surface area (Å²) in [5.41, 5.74) is -0.234. The Morgan fingerprint density at radius 2 is 1.72 bits per heavy atom. The van der Waals surface area contributed by atoms with E-state index in [1.165, 1.54) is 5.56 Å². The molecule has 1 aromatic heterocycles. The van der Waals surface area contributed by atoms with Crippen molar-refractivity contribution in [3.63, 3.8) is 0 Å². The van der Waals surface area contributed by atoms with Crippen molar-refractivity contribution in [3.8, 4) is 0 Å². The highest BCUT2D eigenvalue weighted by atomic mass is 79.9. The minimum absolute atomic E-state index is 0.148. The summed E-state index contributed by atoms with van der Waals surface area (Å²) >= 11 is 3.47. The van der Waals surface area contributed by atoms with E-state index < -0.39 is 33.6 Å². The van der Waals surface area contributed by atoms with E-state index in [0.29, 0.717) is 37.8 Å². The van der Waals surface area contributed by atoms with Crippen LogP contribution in [-0.2, 0) is 38.2 Å². The molecule has 1 saturated carbocycles. The van der Waals surface area contributed by atoms with Gasteiger partial charge in [-0.15, -0.1) is 0 Å². The zero-order chi connectivity index (χ0) is 30.5. The third-order valence-electron chi connectivity index (χ3n) is 8.22. The number of aromatic nitrogens is 2. The maximum Gasteiger partial charge on any atom is 0.343 e. The van der Waals surface area contributed by atoms with Gasteiger partial charge in [0.2, 0.25) is 10.0 Å². The second-order valence-corrected chi connectivity index (χ2v) is 13.7. The summed E-state index contributed by atoms with van der Waals surface area (Å²) in [5.74, 6) is -0.120. The van der Waals surface area contributed by atoms with E-state index in [2.05, 4.69) is 48.8 Å². The third-order valence-corrected chi connectivity index (χ3v) is 10.3. The molecule has 0 saturated heterocycles. The topological polar surface area (TPSA) is 102 Å². The third kappa shape index (κ3) is 7.26. The maximum atomic E-state index is 13.6. The molecule has 4 aromatic rings. The lowest BCUT2D eigenvalue weighted by atomic mass is 9.80. The van der Waals surface area contributed by atoms with Crippen LogP contribution < -0.4 is 9.29 Å². The van der Waals surface area contributed by atoms with Crippen molar-refractivity contribution in [1.82, 2.24) is 9.29 Å². The summed E-state index contributed by atoms with van der Waals surface area (Å²) in [5, 5.41) is 11.9. The molecular weight excluding hydrogens is 630 g/mol. The van der Waals surface area contributed by atoms with Gasteiger partial charge in [0, 0.05) is 29.8 Å². The molecule has 0 amide bonds. The maximum absolute atomic E-state index is 13.6. The Morgan fingerprint density at radius 3 is 2.42 bits per heavy atom. The molecule has 8 nitrogen and oxygen atoms in total. The SMILES string of the molecule is Cc1n(CCCOC(=O)[C@](O)(c2ccccc2)[C@H]2CCC(NS(=O)(=O)c3ccccc3)C2)cc[n+]1Cc1ccc(Br)cc1. The monoisotopic (exact) mass is 666 g/mol. The first-order valence-electron chi connectivity index (χ1n) is 14.5. The molecule has 3 aromatic carbocycles. The fourth-order valence-corrected chi connectivity index (χ4v) is 7.38. The standard InChI is InChI=1S/C33H37BrN3O5S/c1-25-36(20-21-37(25)24-26-13-16-29(34)17-14-26)19-8-22-42-32(38)33(39,27-9-4-2-5-10-27)28-15-18-30(23-28)35-43(40,41)31-11-6-3-7-12-31/h2-7,9-14,16-17,20-21,28,30,35,39H,8,15,18-19,22-24H2,1H3/q+1/t28-,30?,33-/m0/s1. The molecule has 226 valence electrons. The number of nitrogens with one attached hydrogen (secondary N) is 1. The summed E-state index contributed by atoms with van der Waals surface area (Å²) in [7, 11) is -3.72. The molecule has 43 heavy (non-hydrogen) atoms. The molecule has 5 rings (SSSR count). The number of benzene rings is 3. The Bertz CT molecular complexity index is 1630. The van der Waals surface area contributed by atoms with Crippen LogP contribution >= 0.6 is 15.9 Å². The van der Waals surface area contributed by atoms with Gasteiger partial charge in [0.25, 0.3) is 5.82 Å². The summed E-state index contributed by atoms with van der Waals surface area (Å²) in [6.07, 6.45) is 5.93. The second kappa shape index (κ2) is 13.5. The second-order valence-electron chi connectivity index (χ2n) is 11.1. The van der Waals surface area contributed by atoms with Gasteiger partial charge in [0.15, 0.2) is 5.60 Å². The number of imidazole rings is 1. The van der Waals surface area contributed by atoms with Crippen LogP contribution in [0.4, 0.5) is 0 Å². The van der Waals surface area contributed by atoms with Crippen LogP contribution in [-0.4, -0.2) is 36.7 Å². The molecule has 1 aliphatic carbocycles. The van der Waals surface area contributed by atoms with E-state index in [1.54, 1.807) is 54.6 Å². The van der Waals surface area contributed by atoms with Gasteiger partial charge >= 0.3 is 5.97 Å². The van der Waals surface area contributed by atoms with Crippen LogP contribution in [0.2, 0.25) is 0 Å². The number of carbonyl (C=O) groups excluding carboxylic acids is 1. The van der Waals surface area contributed by atoms with E-state index in [-0.39, 0.29) is 11.5 Å². The van der Waals surface area contributed by atoms with Crippen LogP contribution in [0.1, 0.15) is 42.6 Å². The lowest BCUT2D eigenvalue weighted by molar-refractivity contribution is -0.694. The highest BCUT2D eigenvalue weighted by Crippen LogP contribution is 2.42. The molecule has 1 fully saturated rings. The van der Waals surface area contributed by atoms with E-state index in [9.17, 15) is 18.3 Å². The van der Waals surface area contributed by atoms with Crippen LogP contribution in [0.3, 0.4) is 0 Å². The van der Waals surface area contributed by atoms with Gasteiger partial charge in [-0.25, -0.2) is 27.1 Å². The average Bonchev–Trinajstić information content (AvgIpc) is 3.63. The van der Waals surface area contributed by atoms with Gasteiger partial charge in [-0.2, -0.15) is 0 Å². The number of ether oxygens (including phenoxy) is 1. The molecule has 1 unspecified atom stereocenters. The highest BCUT2D eigenvalue weighted by molar-refractivity contribution is 9.10. The van der Waals surface area contributed by atoms with Gasteiger partial charge in [0.05, 0.1) is 18.0 Å². The number of aryl methyl sites for hydroxylation is 1. The summed E-state index contributed by atoms with van der Waals surface area (Å²) in [6.45, 7) is 3.62. The highest BCUT2D eigenvalue weighted by Gasteiger charge is 2.50. The van der Waals surface area contributed by atoms with Crippen LogP contribution in [0.15, 0.2) is 107 Å². The van der Waals surface area contributed by atoms with Crippen LogP contribution in [0, 0.1) is 12.8 Å². The van der Waals surface area contributed by atoms with Crippen molar-refractivity contribution in [2.45, 2.75) is 62.2 Å². The lowest BCUT2D eigenvalue weighted by Crippen LogP contribution is -2.44. The number of rotatable bonds is 12. The summed E-state index contributed by atoms with van der Waals surface area (Å²) in [4.78, 5) is 13.7. The van der Waals surface area contributed by atoms with E-state index in [4.69, 9.17) is 4.74 Å². The summed E-state index contributed by atoms with van der Waals surface area (Å²) in [6, 6.07) is 24.8.